The summed E-state index contributed by atoms with van der Waals surface area (Å²) in [6.07, 6.45) is 3.23. The quantitative estimate of drug-likeness (QED) is 0.570. The van der Waals surface area contributed by atoms with Gasteiger partial charge in [0, 0.05) is 23.9 Å². The van der Waals surface area contributed by atoms with Crippen molar-refractivity contribution in [1.29, 1.82) is 0 Å². The van der Waals surface area contributed by atoms with E-state index in [1.54, 1.807) is 6.92 Å². The van der Waals surface area contributed by atoms with Gasteiger partial charge in [0.1, 0.15) is 5.69 Å². The average molecular weight is 450 g/mol. The largest absolute Gasteiger partial charge is 0.420 e. The first-order valence-electron chi connectivity index (χ1n) is 11.7. The van der Waals surface area contributed by atoms with E-state index in [0.717, 1.165) is 24.2 Å². The zero-order valence-corrected chi connectivity index (χ0v) is 20.8. The van der Waals surface area contributed by atoms with Gasteiger partial charge in [0.25, 0.3) is 11.8 Å². The maximum absolute atomic E-state index is 13.2. The van der Waals surface area contributed by atoms with Gasteiger partial charge in [0.15, 0.2) is 0 Å². The van der Waals surface area contributed by atoms with Gasteiger partial charge in [-0.3, -0.25) is 4.79 Å². The summed E-state index contributed by atoms with van der Waals surface area (Å²) < 4.78 is 7.47. The fourth-order valence-corrected chi connectivity index (χ4v) is 5.12. The summed E-state index contributed by atoms with van der Waals surface area (Å²) in [7, 11) is 0. The molecule has 0 radical (unpaired) electrons. The van der Waals surface area contributed by atoms with E-state index in [9.17, 15) is 4.79 Å². The molecule has 3 aromatic rings. The maximum Gasteiger partial charge on any atom is 0.268 e. The van der Waals surface area contributed by atoms with Crippen LogP contribution in [0.5, 0.6) is 0 Å². The van der Waals surface area contributed by atoms with E-state index < -0.39 is 0 Å². The smallest absolute Gasteiger partial charge is 0.268 e. The van der Waals surface area contributed by atoms with Crippen molar-refractivity contribution in [3.63, 3.8) is 0 Å². The molecule has 1 fully saturated rings. The van der Waals surface area contributed by atoms with Crippen LogP contribution in [0.2, 0.25) is 0 Å². The molecule has 7 heteroatoms. The molecule has 1 amide bonds. The number of amides is 1. The van der Waals surface area contributed by atoms with Gasteiger partial charge in [0.05, 0.1) is 11.4 Å². The van der Waals surface area contributed by atoms with Crippen molar-refractivity contribution < 1.29 is 9.21 Å². The third-order valence-electron chi connectivity index (χ3n) is 6.30. The molecule has 2 atom stereocenters. The average Bonchev–Trinajstić information content (AvgIpc) is 3.32. The van der Waals surface area contributed by atoms with Gasteiger partial charge in [-0.1, -0.05) is 47.6 Å². The second-order valence-electron chi connectivity index (χ2n) is 11.3. The second-order valence-corrected chi connectivity index (χ2v) is 11.3. The van der Waals surface area contributed by atoms with Crippen LogP contribution in [0.15, 0.2) is 34.7 Å². The molecule has 0 spiro atoms. The highest BCUT2D eigenvalue weighted by Gasteiger charge is 2.33. The maximum atomic E-state index is 13.2. The van der Waals surface area contributed by atoms with Gasteiger partial charge in [0.2, 0.25) is 5.89 Å². The lowest BCUT2D eigenvalue weighted by molar-refractivity contribution is 0.0874. The Labute approximate surface area is 196 Å². The number of nitrogens with one attached hydrogen (secondary N) is 1. The number of nitrogens with zero attached hydrogens (tertiary/aromatic N) is 4. The van der Waals surface area contributed by atoms with Crippen molar-refractivity contribution in [2.24, 2.45) is 11.3 Å². The zero-order chi connectivity index (χ0) is 24.0. The molecular formula is C26H35N5O2. The Balaban J connectivity index is 1.63. The molecule has 7 nitrogen and oxygen atoms in total. The molecule has 176 valence electrons. The molecule has 1 saturated carbocycles. The normalized spacial score (nSPS) is 20.6. The number of rotatable bonds is 4. The van der Waals surface area contributed by atoms with Crippen LogP contribution in [0.1, 0.15) is 82.7 Å². The molecule has 0 unspecified atom stereocenters. The summed E-state index contributed by atoms with van der Waals surface area (Å²) in [6, 6.07) is 9.81. The highest BCUT2D eigenvalue weighted by Crippen LogP contribution is 2.38. The minimum absolute atomic E-state index is 0.0380. The molecule has 1 N–H and O–H groups in total. The van der Waals surface area contributed by atoms with Crippen LogP contribution < -0.4 is 5.32 Å². The molecule has 1 aliphatic rings. The fourth-order valence-electron chi connectivity index (χ4n) is 5.12. The van der Waals surface area contributed by atoms with Gasteiger partial charge in [-0.25, -0.2) is 4.68 Å². The van der Waals surface area contributed by atoms with Crippen LogP contribution in [0.4, 0.5) is 0 Å². The van der Waals surface area contributed by atoms with Crippen LogP contribution in [-0.2, 0) is 5.41 Å². The van der Waals surface area contributed by atoms with E-state index in [-0.39, 0.29) is 22.8 Å². The lowest BCUT2D eigenvalue weighted by atomic mass is 9.70. The number of carbonyl (C=O) groups excluding carboxylic acids is 1. The highest BCUT2D eigenvalue weighted by atomic mass is 16.4. The molecule has 33 heavy (non-hydrogen) atoms. The minimum atomic E-state index is -0.178. The van der Waals surface area contributed by atoms with E-state index in [0.29, 0.717) is 29.0 Å². The summed E-state index contributed by atoms with van der Waals surface area (Å²) in [5, 5.41) is 16.1. The van der Waals surface area contributed by atoms with Gasteiger partial charge in [-0.15, -0.1) is 10.2 Å². The Morgan fingerprint density at radius 1 is 1.18 bits per heavy atom. The fraction of sp³-hybridized carbons (Fsp3) is 0.538. The van der Waals surface area contributed by atoms with Crippen molar-refractivity contribution in [1.82, 2.24) is 25.3 Å². The van der Waals surface area contributed by atoms with E-state index in [1.165, 1.54) is 6.42 Å². The van der Waals surface area contributed by atoms with Crippen LogP contribution in [0.25, 0.3) is 17.3 Å². The lowest BCUT2D eigenvalue weighted by Crippen LogP contribution is -2.43. The molecular weight excluding hydrogens is 414 g/mol. The monoisotopic (exact) mass is 449 g/mol. The van der Waals surface area contributed by atoms with Crippen molar-refractivity contribution >= 4 is 5.91 Å². The summed E-state index contributed by atoms with van der Waals surface area (Å²) in [6.45, 7) is 15.0. The van der Waals surface area contributed by atoms with Gasteiger partial charge < -0.3 is 9.73 Å². The summed E-state index contributed by atoms with van der Waals surface area (Å²) in [4.78, 5) is 13.2. The van der Waals surface area contributed by atoms with E-state index in [4.69, 9.17) is 9.52 Å². The van der Waals surface area contributed by atoms with Crippen molar-refractivity contribution in [3.05, 3.63) is 47.5 Å². The molecule has 0 aliphatic heterocycles. The Kier molecular flexibility index (Phi) is 5.93. The number of aromatic nitrogens is 4. The topological polar surface area (TPSA) is 85.8 Å². The van der Waals surface area contributed by atoms with Crippen molar-refractivity contribution in [3.8, 4) is 17.3 Å². The molecule has 1 aliphatic carbocycles. The number of hydrogen-bond donors (Lipinski definition) is 1. The summed E-state index contributed by atoms with van der Waals surface area (Å²) >= 11 is 0. The van der Waals surface area contributed by atoms with E-state index in [1.807, 2.05) is 35.0 Å². The first kappa shape index (κ1) is 23.2. The molecule has 1 aromatic carbocycles. The summed E-state index contributed by atoms with van der Waals surface area (Å²) in [5.41, 5.74) is 3.14. The molecule has 2 heterocycles. The molecule has 4 rings (SSSR count). The van der Waals surface area contributed by atoms with E-state index >= 15 is 0 Å². The van der Waals surface area contributed by atoms with Crippen LogP contribution in [0.3, 0.4) is 0 Å². The van der Waals surface area contributed by atoms with Gasteiger partial charge in [-0.2, -0.15) is 5.10 Å². The van der Waals surface area contributed by atoms with Crippen molar-refractivity contribution in [2.45, 2.75) is 79.2 Å². The van der Waals surface area contributed by atoms with Crippen molar-refractivity contribution in [2.75, 3.05) is 0 Å². The van der Waals surface area contributed by atoms with E-state index in [2.05, 4.69) is 57.1 Å². The predicted octanol–water partition coefficient (Wildman–Crippen LogP) is 5.47. The highest BCUT2D eigenvalue weighted by molar-refractivity contribution is 5.95. The number of hydrogen-bond acceptors (Lipinski definition) is 5. The number of aryl methyl sites for hydroxylation is 1. The molecule has 0 bridgehead atoms. The third-order valence-corrected chi connectivity index (χ3v) is 6.30. The third kappa shape index (κ3) is 5.18. The molecule has 2 aromatic heterocycles. The van der Waals surface area contributed by atoms with Gasteiger partial charge in [-0.05, 0) is 54.9 Å². The number of benzene rings is 1. The van der Waals surface area contributed by atoms with Crippen LogP contribution in [-0.4, -0.2) is 31.9 Å². The first-order chi connectivity index (χ1) is 15.4. The SMILES string of the molecule is Cc1nnc(-c2cc(C(C)(C)C)n(-c3cccc(C(=O)N[C@@H]4C[C@@H](C)CC(C)(C)C4)c3)n2)o1. The Morgan fingerprint density at radius 3 is 2.58 bits per heavy atom. The molecule has 0 saturated heterocycles. The van der Waals surface area contributed by atoms with Gasteiger partial charge >= 0.3 is 0 Å². The van der Waals surface area contributed by atoms with Crippen LogP contribution in [0, 0.1) is 18.3 Å². The lowest BCUT2D eigenvalue weighted by Gasteiger charge is -2.39. The summed E-state index contributed by atoms with van der Waals surface area (Å²) in [5.74, 6) is 1.45. The Morgan fingerprint density at radius 2 is 1.94 bits per heavy atom. The number of carbonyl (C=O) groups is 1. The Hall–Kier alpha value is -2.96. The first-order valence-corrected chi connectivity index (χ1v) is 11.7. The minimum Gasteiger partial charge on any atom is -0.420 e. The predicted molar refractivity (Wildman–Crippen MR) is 128 cm³/mol. The zero-order valence-electron chi connectivity index (χ0n) is 20.8. The Bertz CT molecular complexity index is 1150. The van der Waals surface area contributed by atoms with Crippen LogP contribution >= 0.6 is 0 Å². The standard InChI is InChI=1S/C26H35N5O2/c1-16-11-19(15-26(6,7)14-16)27-23(32)18-9-8-10-20(12-18)31-22(25(3,4)5)13-21(30-31)24-29-28-17(2)33-24/h8-10,12-13,16,19H,11,14-15H2,1-7H3,(H,27,32)/t16-,19-/m1/s1. The second kappa shape index (κ2) is 8.43.